The number of carbonyl (C=O) groups is 3. The number of fused-ring (bicyclic) bond motifs is 1. The molecule has 0 aliphatic carbocycles. The molecule has 0 fully saturated rings. The highest BCUT2D eigenvalue weighted by Gasteiger charge is 2.20. The summed E-state index contributed by atoms with van der Waals surface area (Å²) in [6.45, 7) is -0.131. The van der Waals surface area contributed by atoms with Crippen LogP contribution in [-0.4, -0.2) is 42.6 Å². The summed E-state index contributed by atoms with van der Waals surface area (Å²) in [4.78, 5) is 33.9. The SMILES string of the molecule is COC(CNC(=O)c1ccc2c(c1)NC(=O)C2)C(=O)O. The van der Waals surface area contributed by atoms with Gasteiger partial charge in [0, 0.05) is 18.4 Å². The number of amides is 2. The molecule has 7 heteroatoms. The minimum atomic E-state index is -1.14. The van der Waals surface area contributed by atoms with Gasteiger partial charge < -0.3 is 20.5 Å². The Balaban J connectivity index is 2.02. The van der Waals surface area contributed by atoms with Gasteiger partial charge >= 0.3 is 5.97 Å². The average Bonchev–Trinajstić information content (AvgIpc) is 2.77. The molecule has 0 saturated heterocycles. The Morgan fingerprint density at radius 3 is 2.90 bits per heavy atom. The van der Waals surface area contributed by atoms with E-state index in [0.717, 1.165) is 5.56 Å². The van der Waals surface area contributed by atoms with Gasteiger partial charge in [0.25, 0.3) is 5.91 Å². The van der Waals surface area contributed by atoms with Gasteiger partial charge in [0.15, 0.2) is 6.10 Å². The van der Waals surface area contributed by atoms with Gasteiger partial charge in [-0.25, -0.2) is 4.79 Å². The highest BCUT2D eigenvalue weighted by Crippen LogP contribution is 2.23. The first-order valence-corrected chi connectivity index (χ1v) is 5.98. The van der Waals surface area contributed by atoms with Crippen molar-refractivity contribution in [2.45, 2.75) is 12.5 Å². The van der Waals surface area contributed by atoms with Gasteiger partial charge in [-0.1, -0.05) is 6.07 Å². The zero-order valence-electron chi connectivity index (χ0n) is 10.8. The van der Waals surface area contributed by atoms with E-state index in [9.17, 15) is 14.4 Å². The van der Waals surface area contributed by atoms with Crippen molar-refractivity contribution in [3.63, 3.8) is 0 Å². The number of methoxy groups -OCH3 is 1. The Hall–Kier alpha value is -2.41. The molecular weight excluding hydrogens is 264 g/mol. The Bertz CT molecular complexity index is 570. The molecule has 1 aliphatic heterocycles. The maximum atomic E-state index is 11.9. The third-order valence-electron chi connectivity index (χ3n) is 3.01. The first kappa shape index (κ1) is 14.0. The van der Waals surface area contributed by atoms with Crippen LogP contribution in [0.25, 0.3) is 0 Å². The third-order valence-corrected chi connectivity index (χ3v) is 3.01. The lowest BCUT2D eigenvalue weighted by Gasteiger charge is -2.12. The van der Waals surface area contributed by atoms with Crippen LogP contribution >= 0.6 is 0 Å². The van der Waals surface area contributed by atoms with Crippen LogP contribution in [0, 0.1) is 0 Å². The standard InChI is InChI=1S/C13H14N2O5/c1-20-10(13(18)19)6-14-12(17)8-3-2-7-5-11(16)15-9(7)4-8/h2-4,10H,5-6H2,1H3,(H,14,17)(H,15,16)(H,18,19). The summed E-state index contributed by atoms with van der Waals surface area (Å²) in [5, 5.41) is 13.9. The van der Waals surface area contributed by atoms with E-state index >= 15 is 0 Å². The number of aliphatic carboxylic acids is 1. The van der Waals surface area contributed by atoms with Gasteiger partial charge in [-0.05, 0) is 17.7 Å². The Morgan fingerprint density at radius 1 is 1.50 bits per heavy atom. The van der Waals surface area contributed by atoms with Crippen molar-refractivity contribution in [2.24, 2.45) is 0 Å². The number of ether oxygens (including phenoxy) is 1. The number of benzene rings is 1. The molecule has 1 atom stereocenters. The van der Waals surface area contributed by atoms with Crippen LogP contribution in [0.4, 0.5) is 5.69 Å². The van der Waals surface area contributed by atoms with E-state index in [-0.39, 0.29) is 12.5 Å². The normalized spacial score (nSPS) is 14.3. The van der Waals surface area contributed by atoms with Crippen molar-refractivity contribution >= 4 is 23.5 Å². The molecule has 2 rings (SSSR count). The van der Waals surface area contributed by atoms with Gasteiger partial charge in [-0.2, -0.15) is 0 Å². The van der Waals surface area contributed by atoms with Crippen molar-refractivity contribution < 1.29 is 24.2 Å². The summed E-state index contributed by atoms with van der Waals surface area (Å²) in [5.74, 6) is -1.67. The molecule has 0 radical (unpaired) electrons. The first-order valence-electron chi connectivity index (χ1n) is 5.98. The van der Waals surface area contributed by atoms with Gasteiger partial charge in [-0.15, -0.1) is 0 Å². The largest absolute Gasteiger partial charge is 0.479 e. The Morgan fingerprint density at radius 2 is 2.25 bits per heavy atom. The number of nitrogens with one attached hydrogen (secondary N) is 2. The molecule has 1 unspecified atom stereocenters. The molecule has 20 heavy (non-hydrogen) atoms. The van der Waals surface area contributed by atoms with Crippen molar-refractivity contribution in [2.75, 3.05) is 19.0 Å². The van der Waals surface area contributed by atoms with Gasteiger partial charge in [0.05, 0.1) is 13.0 Å². The second kappa shape index (κ2) is 5.70. The molecule has 0 aromatic heterocycles. The summed E-state index contributed by atoms with van der Waals surface area (Å²) < 4.78 is 4.71. The highest BCUT2D eigenvalue weighted by atomic mass is 16.5. The number of carboxylic acid groups (broad SMARTS) is 1. The lowest BCUT2D eigenvalue weighted by Crippen LogP contribution is -2.37. The summed E-state index contributed by atoms with van der Waals surface area (Å²) in [5.41, 5.74) is 1.81. The molecule has 7 nitrogen and oxygen atoms in total. The van der Waals surface area contributed by atoms with Crippen molar-refractivity contribution in [1.82, 2.24) is 5.32 Å². The summed E-state index contributed by atoms with van der Waals surface area (Å²) in [6.07, 6.45) is -0.782. The highest BCUT2D eigenvalue weighted by molar-refractivity contribution is 6.02. The first-order chi connectivity index (χ1) is 9.51. The number of rotatable bonds is 5. The van der Waals surface area contributed by atoms with E-state index in [0.29, 0.717) is 17.7 Å². The molecule has 0 saturated carbocycles. The van der Waals surface area contributed by atoms with Crippen molar-refractivity contribution in [3.8, 4) is 0 Å². The van der Waals surface area contributed by atoms with E-state index in [1.165, 1.54) is 7.11 Å². The predicted molar refractivity (Wildman–Crippen MR) is 69.5 cm³/mol. The summed E-state index contributed by atoms with van der Waals surface area (Å²) in [7, 11) is 1.26. The molecule has 1 aromatic carbocycles. The van der Waals surface area contributed by atoms with E-state index < -0.39 is 18.0 Å². The van der Waals surface area contributed by atoms with E-state index in [4.69, 9.17) is 9.84 Å². The molecule has 1 heterocycles. The predicted octanol–water partition coefficient (Wildman–Crippen LogP) is 0.0106. The summed E-state index contributed by atoms with van der Waals surface area (Å²) >= 11 is 0. The minimum Gasteiger partial charge on any atom is -0.479 e. The average molecular weight is 278 g/mol. The van der Waals surface area contributed by atoms with Crippen molar-refractivity contribution in [3.05, 3.63) is 29.3 Å². The molecule has 106 valence electrons. The molecule has 2 amide bonds. The van der Waals surface area contributed by atoms with Gasteiger partial charge in [0.1, 0.15) is 0 Å². The lowest BCUT2D eigenvalue weighted by atomic mass is 10.1. The molecule has 0 bridgehead atoms. The van der Waals surface area contributed by atoms with Crippen molar-refractivity contribution in [1.29, 1.82) is 0 Å². The lowest BCUT2D eigenvalue weighted by molar-refractivity contribution is -0.148. The van der Waals surface area contributed by atoms with Gasteiger partial charge in [-0.3, -0.25) is 9.59 Å². The van der Waals surface area contributed by atoms with E-state index in [1.54, 1.807) is 18.2 Å². The van der Waals surface area contributed by atoms with Crippen LogP contribution in [0.15, 0.2) is 18.2 Å². The zero-order chi connectivity index (χ0) is 14.7. The fourth-order valence-electron chi connectivity index (χ4n) is 1.91. The van der Waals surface area contributed by atoms with Crippen LogP contribution in [0.1, 0.15) is 15.9 Å². The molecule has 3 N–H and O–H groups in total. The fourth-order valence-corrected chi connectivity index (χ4v) is 1.91. The number of anilines is 1. The van der Waals surface area contributed by atoms with Crippen LogP contribution in [0.3, 0.4) is 0 Å². The second-order valence-electron chi connectivity index (χ2n) is 4.37. The van der Waals surface area contributed by atoms with E-state index in [2.05, 4.69) is 10.6 Å². The maximum absolute atomic E-state index is 11.9. The monoisotopic (exact) mass is 278 g/mol. The molecule has 1 aliphatic rings. The quantitative estimate of drug-likeness (QED) is 0.703. The second-order valence-corrected chi connectivity index (χ2v) is 4.37. The van der Waals surface area contributed by atoms with Crippen LogP contribution in [-0.2, 0) is 20.7 Å². The minimum absolute atomic E-state index is 0.108. The summed E-state index contributed by atoms with van der Waals surface area (Å²) in [6, 6.07) is 4.86. The van der Waals surface area contributed by atoms with Crippen LogP contribution in [0.5, 0.6) is 0 Å². The molecule has 1 aromatic rings. The molecule has 0 spiro atoms. The number of carboxylic acids is 1. The van der Waals surface area contributed by atoms with Crippen LogP contribution < -0.4 is 10.6 Å². The number of hydrogen-bond acceptors (Lipinski definition) is 4. The Labute approximate surface area is 114 Å². The van der Waals surface area contributed by atoms with E-state index in [1.807, 2.05) is 0 Å². The smallest absolute Gasteiger partial charge is 0.334 e. The topological polar surface area (TPSA) is 105 Å². The number of hydrogen-bond donors (Lipinski definition) is 3. The zero-order valence-corrected chi connectivity index (χ0v) is 10.8. The third kappa shape index (κ3) is 2.94. The Kier molecular flexibility index (Phi) is 3.99. The fraction of sp³-hybridized carbons (Fsp3) is 0.308. The number of carbonyl (C=O) groups excluding carboxylic acids is 2. The maximum Gasteiger partial charge on any atom is 0.334 e. The van der Waals surface area contributed by atoms with Gasteiger partial charge in [0.2, 0.25) is 5.91 Å². The molecular formula is C13H14N2O5. The van der Waals surface area contributed by atoms with Crippen LogP contribution in [0.2, 0.25) is 0 Å².